The summed E-state index contributed by atoms with van der Waals surface area (Å²) in [6, 6.07) is 9.88. The number of thiophene rings is 1. The first kappa shape index (κ1) is 16.0. The van der Waals surface area contributed by atoms with Crippen LogP contribution in [-0.4, -0.2) is 21.2 Å². The number of sulfonamides is 1. The standard InChI is InChI=1S/C13H13BrN2O3S2/c1-2-19-10-3-6-12(7-4-10)21(17,18)16-15-9-11-5-8-13(14)20-11/h3-9,16H,2H2,1H3/b15-9-. The number of nitrogens with one attached hydrogen (secondary N) is 1. The van der Waals surface area contributed by atoms with E-state index in [-0.39, 0.29) is 4.90 Å². The van der Waals surface area contributed by atoms with Crippen LogP contribution in [0.4, 0.5) is 0 Å². The SMILES string of the molecule is CCOc1ccc(S(=O)(=O)N/N=C\c2ccc(Br)s2)cc1. The van der Waals surface area contributed by atoms with Crippen LogP contribution in [0.3, 0.4) is 0 Å². The Labute approximate surface area is 135 Å². The molecule has 0 aliphatic heterocycles. The summed E-state index contributed by atoms with van der Waals surface area (Å²) in [4.78, 5) is 3.16. The molecule has 0 saturated carbocycles. The van der Waals surface area contributed by atoms with Crippen LogP contribution in [0, 0.1) is 0 Å². The lowest BCUT2D eigenvalue weighted by Crippen LogP contribution is -2.18. The summed E-state index contributed by atoms with van der Waals surface area (Å²) in [6.45, 7) is 2.40. The molecule has 0 aliphatic rings. The minimum Gasteiger partial charge on any atom is -0.494 e. The topological polar surface area (TPSA) is 67.8 Å². The number of halogens is 1. The van der Waals surface area contributed by atoms with Crippen LogP contribution in [0.15, 0.2) is 50.2 Å². The lowest BCUT2D eigenvalue weighted by atomic mass is 10.3. The molecule has 21 heavy (non-hydrogen) atoms. The summed E-state index contributed by atoms with van der Waals surface area (Å²) in [5.74, 6) is 0.628. The molecule has 112 valence electrons. The second kappa shape index (κ2) is 7.06. The Hall–Kier alpha value is -1.38. The van der Waals surface area contributed by atoms with E-state index in [1.807, 2.05) is 19.1 Å². The molecule has 0 atom stereocenters. The van der Waals surface area contributed by atoms with Gasteiger partial charge in [-0.2, -0.15) is 13.5 Å². The van der Waals surface area contributed by atoms with E-state index >= 15 is 0 Å². The van der Waals surface area contributed by atoms with Gasteiger partial charge in [-0.15, -0.1) is 11.3 Å². The van der Waals surface area contributed by atoms with E-state index in [9.17, 15) is 8.42 Å². The van der Waals surface area contributed by atoms with Gasteiger partial charge in [-0.05, 0) is 59.3 Å². The maximum atomic E-state index is 12.0. The fourth-order valence-electron chi connectivity index (χ4n) is 1.49. The Kier molecular flexibility index (Phi) is 5.38. The highest BCUT2D eigenvalue weighted by Gasteiger charge is 2.12. The molecule has 0 aliphatic carbocycles. The maximum Gasteiger partial charge on any atom is 0.276 e. The molecule has 0 amide bonds. The molecule has 2 rings (SSSR count). The van der Waals surface area contributed by atoms with Gasteiger partial charge in [0.1, 0.15) is 5.75 Å². The molecule has 5 nitrogen and oxygen atoms in total. The van der Waals surface area contributed by atoms with Crippen LogP contribution in [-0.2, 0) is 10.0 Å². The van der Waals surface area contributed by atoms with Crippen molar-refractivity contribution in [1.82, 2.24) is 4.83 Å². The summed E-state index contributed by atoms with van der Waals surface area (Å²) in [7, 11) is -3.67. The third-order valence-electron chi connectivity index (χ3n) is 2.40. The van der Waals surface area contributed by atoms with Crippen molar-refractivity contribution in [2.24, 2.45) is 5.10 Å². The van der Waals surface area contributed by atoms with Crippen molar-refractivity contribution < 1.29 is 13.2 Å². The number of hydrazone groups is 1. The molecule has 0 spiro atoms. The smallest absolute Gasteiger partial charge is 0.276 e. The molecular weight excluding hydrogens is 376 g/mol. The van der Waals surface area contributed by atoms with Crippen molar-refractivity contribution in [1.29, 1.82) is 0 Å². The second-order valence-corrected chi connectivity index (χ2v) is 8.05. The number of ether oxygens (including phenoxy) is 1. The fraction of sp³-hybridized carbons (Fsp3) is 0.154. The first-order chi connectivity index (χ1) is 10.0. The first-order valence-corrected chi connectivity index (χ1v) is 9.13. The molecule has 2 aromatic rings. The largest absolute Gasteiger partial charge is 0.494 e. The molecule has 0 bridgehead atoms. The highest BCUT2D eigenvalue weighted by Crippen LogP contribution is 2.20. The highest BCUT2D eigenvalue weighted by atomic mass is 79.9. The number of hydrogen-bond acceptors (Lipinski definition) is 5. The third kappa shape index (κ3) is 4.55. The average Bonchev–Trinajstić information content (AvgIpc) is 2.85. The Bertz CT molecular complexity index is 724. The third-order valence-corrected chi connectivity index (χ3v) is 5.20. The normalized spacial score (nSPS) is 11.7. The molecule has 0 unspecified atom stereocenters. The van der Waals surface area contributed by atoms with Gasteiger partial charge in [-0.1, -0.05) is 0 Å². The molecule has 0 radical (unpaired) electrons. The van der Waals surface area contributed by atoms with Crippen LogP contribution in [0.2, 0.25) is 0 Å². The Morgan fingerprint density at radius 3 is 2.57 bits per heavy atom. The van der Waals surface area contributed by atoms with Gasteiger partial charge in [0, 0.05) is 4.88 Å². The van der Waals surface area contributed by atoms with E-state index in [4.69, 9.17) is 4.74 Å². The molecule has 0 saturated heterocycles. The van der Waals surface area contributed by atoms with E-state index in [1.165, 1.54) is 29.7 Å². The first-order valence-electron chi connectivity index (χ1n) is 6.04. The lowest BCUT2D eigenvalue weighted by Gasteiger charge is -2.05. The van der Waals surface area contributed by atoms with Crippen LogP contribution in [0.1, 0.15) is 11.8 Å². The van der Waals surface area contributed by atoms with Gasteiger partial charge in [0.15, 0.2) is 0 Å². The number of hydrogen-bond donors (Lipinski definition) is 1. The summed E-state index contributed by atoms with van der Waals surface area (Å²) in [5, 5.41) is 3.76. The monoisotopic (exact) mass is 388 g/mol. The van der Waals surface area contributed by atoms with E-state index in [0.29, 0.717) is 12.4 Å². The number of rotatable bonds is 6. The number of nitrogens with zero attached hydrogens (tertiary/aromatic N) is 1. The van der Waals surface area contributed by atoms with E-state index in [0.717, 1.165) is 8.66 Å². The van der Waals surface area contributed by atoms with E-state index < -0.39 is 10.0 Å². The summed E-state index contributed by atoms with van der Waals surface area (Å²) in [6.07, 6.45) is 1.46. The summed E-state index contributed by atoms with van der Waals surface area (Å²) in [5.41, 5.74) is 0. The van der Waals surface area contributed by atoms with Gasteiger partial charge in [-0.3, -0.25) is 0 Å². The zero-order chi connectivity index (χ0) is 15.3. The molecule has 0 fully saturated rings. The van der Waals surface area contributed by atoms with Crippen LogP contribution < -0.4 is 9.57 Å². The van der Waals surface area contributed by atoms with Gasteiger partial charge in [-0.25, -0.2) is 4.83 Å². The average molecular weight is 389 g/mol. The summed E-state index contributed by atoms with van der Waals surface area (Å²) < 4.78 is 30.3. The van der Waals surface area contributed by atoms with Gasteiger partial charge < -0.3 is 4.74 Å². The zero-order valence-electron chi connectivity index (χ0n) is 11.1. The fourth-order valence-corrected chi connectivity index (χ4v) is 3.58. The number of benzene rings is 1. The predicted octanol–water partition coefficient (Wildman–Crippen LogP) is 3.22. The van der Waals surface area contributed by atoms with Crippen LogP contribution in [0.5, 0.6) is 5.75 Å². The minimum atomic E-state index is -3.67. The van der Waals surface area contributed by atoms with Crippen LogP contribution in [0.25, 0.3) is 0 Å². The van der Waals surface area contributed by atoms with Gasteiger partial charge >= 0.3 is 0 Å². The molecule has 8 heteroatoms. The molecule has 1 heterocycles. The van der Waals surface area contributed by atoms with Crippen molar-refractivity contribution in [3.8, 4) is 5.75 Å². The van der Waals surface area contributed by atoms with Gasteiger partial charge in [0.25, 0.3) is 10.0 Å². The van der Waals surface area contributed by atoms with E-state index in [2.05, 4.69) is 25.9 Å². The predicted molar refractivity (Wildman–Crippen MR) is 87.5 cm³/mol. The van der Waals surface area contributed by atoms with Crippen molar-refractivity contribution >= 4 is 43.5 Å². The van der Waals surface area contributed by atoms with Crippen molar-refractivity contribution in [2.75, 3.05) is 6.61 Å². The van der Waals surface area contributed by atoms with Crippen LogP contribution >= 0.6 is 27.3 Å². The highest BCUT2D eigenvalue weighted by molar-refractivity contribution is 9.11. The second-order valence-electron chi connectivity index (χ2n) is 3.90. The molecule has 1 aromatic heterocycles. The Morgan fingerprint density at radius 1 is 1.29 bits per heavy atom. The molecule has 1 aromatic carbocycles. The van der Waals surface area contributed by atoms with Crippen molar-refractivity contribution in [2.45, 2.75) is 11.8 Å². The minimum absolute atomic E-state index is 0.135. The van der Waals surface area contributed by atoms with Gasteiger partial charge in [0.2, 0.25) is 0 Å². The molecule has 1 N–H and O–H groups in total. The zero-order valence-corrected chi connectivity index (χ0v) is 14.3. The van der Waals surface area contributed by atoms with Gasteiger partial charge in [0.05, 0.1) is 21.5 Å². The van der Waals surface area contributed by atoms with E-state index in [1.54, 1.807) is 12.1 Å². The maximum absolute atomic E-state index is 12.0. The van der Waals surface area contributed by atoms with Crippen molar-refractivity contribution in [3.05, 3.63) is 45.1 Å². The Morgan fingerprint density at radius 2 is 2.00 bits per heavy atom. The molecular formula is C13H13BrN2O3S2. The lowest BCUT2D eigenvalue weighted by molar-refractivity contribution is 0.340. The quantitative estimate of drug-likeness (QED) is 0.609. The summed E-state index contributed by atoms with van der Waals surface area (Å²) >= 11 is 4.78. The Balaban J connectivity index is 2.05. The van der Waals surface area contributed by atoms with Crippen molar-refractivity contribution in [3.63, 3.8) is 0 Å².